The van der Waals surface area contributed by atoms with E-state index in [4.69, 9.17) is 14.2 Å². The van der Waals surface area contributed by atoms with Crippen molar-refractivity contribution < 1.29 is 49.6 Å². The third-order valence-corrected chi connectivity index (χ3v) is 9.06. The first-order valence-electron chi connectivity index (χ1n) is 18.1. The first kappa shape index (κ1) is 40.8. The van der Waals surface area contributed by atoms with Gasteiger partial charge in [-0.25, -0.2) is 0 Å². The maximum atomic E-state index is 13.1. The van der Waals surface area contributed by atoms with Crippen molar-refractivity contribution in [1.29, 1.82) is 0 Å². The highest BCUT2D eigenvalue weighted by atomic mass is 16.7. The first-order valence-corrected chi connectivity index (χ1v) is 18.1. The van der Waals surface area contributed by atoms with Gasteiger partial charge in [-0.1, -0.05) is 114 Å². The number of para-hydroxylation sites is 1. The number of carbonyl (C=O) groups is 1. The van der Waals surface area contributed by atoms with Crippen LogP contribution in [0.4, 0.5) is 0 Å². The summed E-state index contributed by atoms with van der Waals surface area (Å²) in [6.07, 6.45) is 4.36. The summed E-state index contributed by atoms with van der Waals surface area (Å²) in [6.45, 7) is 1.22. The summed E-state index contributed by atoms with van der Waals surface area (Å²) >= 11 is 0. The van der Waals surface area contributed by atoms with Gasteiger partial charge in [-0.05, 0) is 36.2 Å². The lowest BCUT2D eigenvalue weighted by Gasteiger charge is -2.40. The monoisotopic (exact) mass is 689 g/mol. The molecular weight excluding hydrogens is 630 g/mol. The van der Waals surface area contributed by atoms with E-state index < -0.39 is 61.5 Å². The maximum absolute atomic E-state index is 13.1. The lowest BCUT2D eigenvalue weighted by molar-refractivity contribution is -0.303. The molecule has 276 valence electrons. The Hall–Kier alpha value is -2.61. The van der Waals surface area contributed by atoms with E-state index in [-0.39, 0.29) is 13.0 Å². The van der Waals surface area contributed by atoms with Crippen molar-refractivity contribution in [2.75, 3.05) is 13.2 Å². The molecule has 0 aromatic heterocycles. The Morgan fingerprint density at radius 3 is 1.94 bits per heavy atom. The van der Waals surface area contributed by atoms with Crippen LogP contribution in [0.25, 0.3) is 0 Å². The molecule has 7 N–H and O–H groups in total. The Kier molecular flexibility index (Phi) is 19.1. The summed E-state index contributed by atoms with van der Waals surface area (Å²) in [5.74, 6) is 0.861. The molecule has 1 aliphatic rings. The highest BCUT2D eigenvalue weighted by molar-refractivity contribution is 5.79. The van der Waals surface area contributed by atoms with E-state index >= 15 is 0 Å². The largest absolute Gasteiger partial charge is 0.457 e. The van der Waals surface area contributed by atoms with Crippen LogP contribution < -0.4 is 10.1 Å². The van der Waals surface area contributed by atoms with Gasteiger partial charge in [0.05, 0.1) is 31.8 Å². The second-order valence-corrected chi connectivity index (χ2v) is 13.2. The summed E-state index contributed by atoms with van der Waals surface area (Å²) in [5.41, 5.74) is 0.693. The van der Waals surface area contributed by atoms with Gasteiger partial charge in [0.1, 0.15) is 42.0 Å². The third kappa shape index (κ3) is 14.6. The molecule has 0 spiro atoms. The Morgan fingerprint density at radius 1 is 0.776 bits per heavy atom. The number of ether oxygens (including phenoxy) is 3. The number of aliphatic hydroxyl groups excluding tert-OH is 6. The van der Waals surface area contributed by atoms with Gasteiger partial charge in [-0.2, -0.15) is 0 Å². The van der Waals surface area contributed by atoms with E-state index in [2.05, 4.69) is 12.2 Å². The molecule has 0 bridgehead atoms. The molecule has 2 unspecified atom stereocenters. The highest BCUT2D eigenvalue weighted by Crippen LogP contribution is 2.24. The molecule has 1 aliphatic heterocycles. The van der Waals surface area contributed by atoms with Gasteiger partial charge in [-0.3, -0.25) is 4.79 Å². The van der Waals surface area contributed by atoms with Gasteiger partial charge in [0, 0.05) is 0 Å². The molecule has 49 heavy (non-hydrogen) atoms. The van der Waals surface area contributed by atoms with Crippen LogP contribution in [0.3, 0.4) is 0 Å². The van der Waals surface area contributed by atoms with E-state index in [1.54, 1.807) is 24.3 Å². The quantitative estimate of drug-likeness (QED) is 0.0793. The number of unbranched alkanes of at least 4 members (excludes halogenated alkanes) is 11. The Balaban J connectivity index is 1.51. The maximum Gasteiger partial charge on any atom is 0.224 e. The number of carbonyl (C=O) groups excluding carboxylic acids is 1. The van der Waals surface area contributed by atoms with Crippen molar-refractivity contribution in [3.05, 3.63) is 60.2 Å². The lowest BCUT2D eigenvalue weighted by atomic mass is 9.98. The molecule has 1 fully saturated rings. The minimum Gasteiger partial charge on any atom is -0.457 e. The van der Waals surface area contributed by atoms with Crippen LogP contribution in [-0.2, 0) is 20.7 Å². The van der Waals surface area contributed by atoms with Crippen molar-refractivity contribution >= 4 is 5.91 Å². The van der Waals surface area contributed by atoms with Crippen molar-refractivity contribution in [3.8, 4) is 11.5 Å². The number of rotatable bonds is 24. The van der Waals surface area contributed by atoms with E-state index in [1.807, 2.05) is 30.3 Å². The highest BCUT2D eigenvalue weighted by Gasteiger charge is 2.44. The number of benzene rings is 2. The molecule has 11 nitrogen and oxygen atoms in total. The second-order valence-electron chi connectivity index (χ2n) is 13.2. The van der Waals surface area contributed by atoms with Crippen molar-refractivity contribution in [2.24, 2.45) is 0 Å². The van der Waals surface area contributed by atoms with Crippen molar-refractivity contribution in [3.63, 3.8) is 0 Å². The van der Waals surface area contributed by atoms with Crippen LogP contribution >= 0.6 is 0 Å². The molecule has 2 aromatic carbocycles. The average molecular weight is 690 g/mol. The molecular formula is C38H59NO10. The third-order valence-electron chi connectivity index (χ3n) is 9.06. The molecule has 0 saturated carbocycles. The van der Waals surface area contributed by atoms with Gasteiger partial charge < -0.3 is 50.2 Å². The summed E-state index contributed by atoms with van der Waals surface area (Å²) in [4.78, 5) is 13.1. The van der Waals surface area contributed by atoms with E-state index in [9.17, 15) is 35.4 Å². The summed E-state index contributed by atoms with van der Waals surface area (Å²) in [7, 11) is 0. The molecule has 1 amide bonds. The second kappa shape index (κ2) is 23.0. The fourth-order valence-electron chi connectivity index (χ4n) is 6.01. The molecule has 1 saturated heterocycles. The zero-order valence-corrected chi connectivity index (χ0v) is 28.9. The van der Waals surface area contributed by atoms with E-state index in [1.165, 1.54) is 51.4 Å². The Bertz CT molecular complexity index is 1150. The number of aliphatic hydroxyl groups is 6. The summed E-state index contributed by atoms with van der Waals surface area (Å²) in [6, 6.07) is 15.2. The molecule has 3 rings (SSSR count). The minimum atomic E-state index is -1.64. The summed E-state index contributed by atoms with van der Waals surface area (Å²) in [5, 5.41) is 64.9. The first-order chi connectivity index (χ1) is 23.7. The number of hydrogen-bond donors (Lipinski definition) is 7. The Labute approximate surface area is 291 Å². The fraction of sp³-hybridized carbons (Fsp3) is 0.658. The molecule has 0 radical (unpaired) electrons. The molecule has 2 aromatic rings. The van der Waals surface area contributed by atoms with Crippen LogP contribution in [-0.4, -0.2) is 98.7 Å². The van der Waals surface area contributed by atoms with Crippen LogP contribution in [0.1, 0.15) is 96.0 Å². The van der Waals surface area contributed by atoms with Gasteiger partial charge in [0.15, 0.2) is 6.29 Å². The topological polar surface area (TPSA) is 178 Å². The van der Waals surface area contributed by atoms with Gasteiger partial charge in [-0.15, -0.1) is 0 Å². The van der Waals surface area contributed by atoms with Crippen molar-refractivity contribution in [2.45, 2.75) is 146 Å². The molecule has 8 atom stereocenters. The predicted octanol–water partition coefficient (Wildman–Crippen LogP) is 4.14. The molecule has 1 heterocycles. The SMILES string of the molecule is CCCCCCCCCCCCCC[C@@H](O)[C@@H](O)[C@H](CO[C@H]1OC(CO)[C@H](O)C(O)[C@@H]1O)NC(=O)Cc1ccc(Oc2ccccc2)cc1. The normalized spacial score (nSPS) is 22.7. The number of hydrogen-bond acceptors (Lipinski definition) is 10. The zero-order chi connectivity index (χ0) is 35.4. The fourth-order valence-corrected chi connectivity index (χ4v) is 6.01. The average Bonchev–Trinajstić information content (AvgIpc) is 3.11. The molecule has 0 aliphatic carbocycles. The van der Waals surface area contributed by atoms with Gasteiger partial charge >= 0.3 is 0 Å². The number of amides is 1. The van der Waals surface area contributed by atoms with Gasteiger partial charge in [0.25, 0.3) is 0 Å². The van der Waals surface area contributed by atoms with E-state index in [0.29, 0.717) is 29.9 Å². The van der Waals surface area contributed by atoms with Crippen LogP contribution in [0.15, 0.2) is 54.6 Å². The minimum absolute atomic E-state index is 0.0241. The smallest absolute Gasteiger partial charge is 0.224 e. The van der Waals surface area contributed by atoms with Crippen molar-refractivity contribution in [1.82, 2.24) is 5.32 Å². The van der Waals surface area contributed by atoms with Crippen LogP contribution in [0.5, 0.6) is 11.5 Å². The lowest BCUT2D eigenvalue weighted by Crippen LogP contribution is -2.60. The predicted molar refractivity (Wildman–Crippen MR) is 186 cm³/mol. The summed E-state index contributed by atoms with van der Waals surface area (Å²) < 4.78 is 16.9. The zero-order valence-electron chi connectivity index (χ0n) is 28.9. The van der Waals surface area contributed by atoms with Crippen LogP contribution in [0.2, 0.25) is 0 Å². The standard InChI is InChI=1S/C38H59NO10/c1-2-3-4-5-6-7-8-9-10-11-12-16-19-31(41)34(43)30(26-47-38-37(46)36(45)35(44)32(25-40)49-38)39-33(42)24-27-20-22-29(23-21-27)48-28-17-14-13-15-18-28/h13-15,17-18,20-23,30-32,34-38,40-41,43-46H,2-12,16,19,24-26H2,1H3,(H,39,42)/t30-,31+,32?,34-,35-,36?,37-,38-/m0/s1. The van der Waals surface area contributed by atoms with E-state index in [0.717, 1.165) is 19.3 Å². The van der Waals surface area contributed by atoms with Gasteiger partial charge in [0.2, 0.25) is 5.91 Å². The van der Waals surface area contributed by atoms with Crippen LogP contribution in [0, 0.1) is 0 Å². The Morgan fingerprint density at radius 2 is 1.35 bits per heavy atom. The molecule has 11 heteroatoms. The number of nitrogens with one attached hydrogen (secondary N) is 1.